The van der Waals surface area contributed by atoms with Gasteiger partial charge in [-0.2, -0.15) is 0 Å². The molecule has 2 rings (SSSR count). The van der Waals surface area contributed by atoms with Crippen LogP contribution in [0.5, 0.6) is 0 Å². The number of ketones is 1. The molecule has 0 radical (unpaired) electrons. The van der Waals surface area contributed by atoms with Gasteiger partial charge in [0.2, 0.25) is 0 Å². The Balaban J connectivity index is 2.16. The van der Waals surface area contributed by atoms with Crippen LogP contribution in [0, 0.1) is 13.8 Å². The molecular formula is C14H18O2. The fourth-order valence-corrected chi connectivity index (χ4v) is 2.03. The summed E-state index contributed by atoms with van der Waals surface area (Å²) in [5.41, 5.74) is 3.18. The Morgan fingerprint density at radius 1 is 1.25 bits per heavy atom. The summed E-state index contributed by atoms with van der Waals surface area (Å²) in [7, 11) is 0. The molecule has 86 valence electrons. The van der Waals surface area contributed by atoms with Gasteiger partial charge in [0.1, 0.15) is 6.10 Å². The molecule has 0 spiro atoms. The first-order chi connectivity index (χ1) is 7.68. The summed E-state index contributed by atoms with van der Waals surface area (Å²) in [6.07, 6.45) is 2.83. The summed E-state index contributed by atoms with van der Waals surface area (Å²) in [4.78, 5) is 12.1. The summed E-state index contributed by atoms with van der Waals surface area (Å²) in [6.45, 7) is 4.82. The molecule has 0 amide bonds. The number of Topliss-reactive ketones (excluding diaryl/α,β-unsaturated/α-hetero) is 1. The van der Waals surface area contributed by atoms with Crippen molar-refractivity contribution in [3.05, 3.63) is 34.9 Å². The summed E-state index contributed by atoms with van der Waals surface area (Å²) in [6, 6.07) is 5.88. The molecule has 1 heterocycles. The average molecular weight is 218 g/mol. The zero-order valence-corrected chi connectivity index (χ0v) is 9.95. The highest BCUT2D eigenvalue weighted by Crippen LogP contribution is 2.19. The number of aryl methyl sites for hydroxylation is 2. The second-order valence-corrected chi connectivity index (χ2v) is 4.52. The molecule has 1 fully saturated rings. The van der Waals surface area contributed by atoms with Gasteiger partial charge in [-0.25, -0.2) is 0 Å². The molecular weight excluding hydrogens is 200 g/mol. The normalized spacial score (nSPS) is 20.8. The van der Waals surface area contributed by atoms with E-state index >= 15 is 0 Å². The van der Waals surface area contributed by atoms with Crippen LogP contribution in [0.3, 0.4) is 0 Å². The van der Waals surface area contributed by atoms with Crippen LogP contribution < -0.4 is 0 Å². The van der Waals surface area contributed by atoms with E-state index in [-0.39, 0.29) is 11.9 Å². The Bertz CT molecular complexity index is 390. The van der Waals surface area contributed by atoms with Crippen molar-refractivity contribution in [3.8, 4) is 0 Å². The van der Waals surface area contributed by atoms with E-state index in [1.807, 2.05) is 25.1 Å². The van der Waals surface area contributed by atoms with Crippen molar-refractivity contribution in [2.24, 2.45) is 0 Å². The second-order valence-electron chi connectivity index (χ2n) is 4.52. The number of rotatable bonds is 2. The van der Waals surface area contributed by atoms with Crippen LogP contribution in [-0.2, 0) is 4.74 Å². The molecule has 1 atom stereocenters. The number of carbonyl (C=O) groups excluding carboxylic acids is 1. The SMILES string of the molecule is Cc1ccc(C(=O)C2CCCCO2)cc1C. The van der Waals surface area contributed by atoms with Gasteiger partial charge in [0.05, 0.1) is 0 Å². The lowest BCUT2D eigenvalue weighted by Crippen LogP contribution is -2.28. The molecule has 0 bridgehead atoms. The van der Waals surface area contributed by atoms with Crippen molar-refractivity contribution >= 4 is 5.78 Å². The van der Waals surface area contributed by atoms with E-state index in [1.54, 1.807) is 0 Å². The Labute approximate surface area is 96.6 Å². The average Bonchev–Trinajstić information content (AvgIpc) is 2.33. The van der Waals surface area contributed by atoms with Crippen molar-refractivity contribution in [1.82, 2.24) is 0 Å². The first-order valence-electron chi connectivity index (χ1n) is 5.91. The molecule has 0 N–H and O–H groups in total. The molecule has 1 aromatic rings. The molecule has 0 aliphatic carbocycles. The predicted octanol–water partition coefficient (Wildman–Crippen LogP) is 3.06. The summed E-state index contributed by atoms with van der Waals surface area (Å²) in [5.74, 6) is 0.141. The summed E-state index contributed by atoms with van der Waals surface area (Å²) < 4.78 is 5.51. The van der Waals surface area contributed by atoms with Crippen molar-refractivity contribution in [2.75, 3.05) is 6.61 Å². The fourth-order valence-electron chi connectivity index (χ4n) is 2.03. The van der Waals surface area contributed by atoms with Gasteiger partial charge in [-0.1, -0.05) is 12.1 Å². The maximum absolute atomic E-state index is 12.1. The van der Waals surface area contributed by atoms with Gasteiger partial charge < -0.3 is 4.74 Å². The number of hydrogen-bond acceptors (Lipinski definition) is 2. The quantitative estimate of drug-likeness (QED) is 0.713. The molecule has 1 unspecified atom stereocenters. The minimum Gasteiger partial charge on any atom is -0.370 e. The molecule has 1 aliphatic heterocycles. The van der Waals surface area contributed by atoms with E-state index < -0.39 is 0 Å². The van der Waals surface area contributed by atoms with E-state index in [0.29, 0.717) is 0 Å². The topological polar surface area (TPSA) is 26.3 Å². The highest BCUT2D eigenvalue weighted by Gasteiger charge is 2.23. The third-order valence-electron chi connectivity index (χ3n) is 3.26. The largest absolute Gasteiger partial charge is 0.370 e. The molecule has 1 aliphatic rings. The monoisotopic (exact) mass is 218 g/mol. The minimum absolute atomic E-state index is 0.141. The first-order valence-corrected chi connectivity index (χ1v) is 5.91. The summed E-state index contributed by atoms with van der Waals surface area (Å²) in [5, 5.41) is 0. The van der Waals surface area contributed by atoms with Crippen LogP contribution >= 0.6 is 0 Å². The van der Waals surface area contributed by atoms with E-state index in [0.717, 1.165) is 31.4 Å². The Hall–Kier alpha value is -1.15. The Kier molecular flexibility index (Phi) is 3.39. The van der Waals surface area contributed by atoms with Crippen LogP contribution in [0.25, 0.3) is 0 Å². The zero-order valence-electron chi connectivity index (χ0n) is 9.95. The predicted molar refractivity (Wildman–Crippen MR) is 63.8 cm³/mol. The lowest BCUT2D eigenvalue weighted by atomic mass is 9.97. The highest BCUT2D eigenvalue weighted by atomic mass is 16.5. The van der Waals surface area contributed by atoms with E-state index in [4.69, 9.17) is 4.74 Å². The van der Waals surface area contributed by atoms with Crippen molar-refractivity contribution in [1.29, 1.82) is 0 Å². The van der Waals surface area contributed by atoms with Gasteiger partial charge in [-0.3, -0.25) is 4.79 Å². The van der Waals surface area contributed by atoms with Gasteiger partial charge in [-0.15, -0.1) is 0 Å². The van der Waals surface area contributed by atoms with Crippen LogP contribution in [0.4, 0.5) is 0 Å². The number of carbonyl (C=O) groups is 1. The first kappa shape index (κ1) is 11.3. The van der Waals surface area contributed by atoms with Gasteiger partial charge in [0.25, 0.3) is 0 Å². The van der Waals surface area contributed by atoms with Crippen molar-refractivity contribution in [3.63, 3.8) is 0 Å². The number of ether oxygens (including phenoxy) is 1. The third-order valence-corrected chi connectivity index (χ3v) is 3.26. The van der Waals surface area contributed by atoms with E-state index in [1.165, 1.54) is 11.1 Å². The van der Waals surface area contributed by atoms with Crippen molar-refractivity contribution < 1.29 is 9.53 Å². The third kappa shape index (κ3) is 2.33. The Morgan fingerprint density at radius 3 is 2.69 bits per heavy atom. The van der Waals surface area contributed by atoms with Crippen LogP contribution in [0.1, 0.15) is 40.7 Å². The molecule has 0 saturated carbocycles. The van der Waals surface area contributed by atoms with Crippen LogP contribution in [-0.4, -0.2) is 18.5 Å². The highest BCUT2D eigenvalue weighted by molar-refractivity contribution is 5.99. The molecule has 2 nitrogen and oxygen atoms in total. The lowest BCUT2D eigenvalue weighted by molar-refractivity contribution is 0.0186. The minimum atomic E-state index is -0.212. The van der Waals surface area contributed by atoms with Gasteiger partial charge >= 0.3 is 0 Å². The fraction of sp³-hybridized carbons (Fsp3) is 0.500. The molecule has 2 heteroatoms. The zero-order chi connectivity index (χ0) is 11.5. The number of hydrogen-bond donors (Lipinski definition) is 0. The molecule has 1 aromatic carbocycles. The standard InChI is InChI=1S/C14H18O2/c1-10-6-7-12(9-11(10)2)14(15)13-5-3-4-8-16-13/h6-7,9,13H,3-5,8H2,1-2H3. The van der Waals surface area contributed by atoms with Gasteiger partial charge in [-0.05, 0) is 50.3 Å². The second kappa shape index (κ2) is 4.79. The van der Waals surface area contributed by atoms with Crippen LogP contribution in [0.15, 0.2) is 18.2 Å². The van der Waals surface area contributed by atoms with Gasteiger partial charge in [0.15, 0.2) is 5.78 Å². The maximum atomic E-state index is 12.1. The van der Waals surface area contributed by atoms with Crippen molar-refractivity contribution in [2.45, 2.75) is 39.2 Å². The Morgan fingerprint density at radius 2 is 2.06 bits per heavy atom. The van der Waals surface area contributed by atoms with E-state index in [9.17, 15) is 4.79 Å². The molecule has 16 heavy (non-hydrogen) atoms. The molecule has 0 aromatic heterocycles. The molecule has 1 saturated heterocycles. The smallest absolute Gasteiger partial charge is 0.191 e. The van der Waals surface area contributed by atoms with Gasteiger partial charge in [0, 0.05) is 12.2 Å². The maximum Gasteiger partial charge on any atom is 0.191 e. The van der Waals surface area contributed by atoms with Crippen LogP contribution in [0.2, 0.25) is 0 Å². The lowest BCUT2D eigenvalue weighted by Gasteiger charge is -2.21. The number of benzene rings is 1. The van der Waals surface area contributed by atoms with E-state index in [2.05, 4.69) is 6.92 Å². The summed E-state index contributed by atoms with van der Waals surface area (Å²) >= 11 is 0.